The molecule has 0 radical (unpaired) electrons. The summed E-state index contributed by atoms with van der Waals surface area (Å²) in [6, 6.07) is 3.96. The summed E-state index contributed by atoms with van der Waals surface area (Å²) in [5, 5.41) is 0. The van der Waals surface area contributed by atoms with Crippen molar-refractivity contribution in [2.75, 3.05) is 12.9 Å². The van der Waals surface area contributed by atoms with E-state index in [1.165, 1.54) is 7.11 Å². The number of methoxy groups -OCH3 is 1. The predicted octanol–water partition coefficient (Wildman–Crippen LogP) is 6.64. The van der Waals surface area contributed by atoms with Gasteiger partial charge in [-0.3, -0.25) is 14.4 Å². The largest absolute Gasteiger partial charge is 0.469 e. The van der Waals surface area contributed by atoms with Crippen molar-refractivity contribution in [2.24, 2.45) is 34.5 Å². The van der Waals surface area contributed by atoms with Gasteiger partial charge in [-0.25, -0.2) is 8.42 Å². The van der Waals surface area contributed by atoms with Crippen LogP contribution in [0.5, 0.6) is 0 Å². The first-order valence-corrected chi connectivity index (χ1v) is 16.7. The summed E-state index contributed by atoms with van der Waals surface area (Å²) < 4.78 is 31.1. The second kappa shape index (κ2) is 10.3. The molecule has 6 atom stereocenters. The van der Waals surface area contributed by atoms with E-state index in [-0.39, 0.29) is 40.5 Å². The topological polar surface area (TPSA) is 94.6 Å². The van der Waals surface area contributed by atoms with Crippen molar-refractivity contribution >= 4 is 27.4 Å². The van der Waals surface area contributed by atoms with E-state index in [0.29, 0.717) is 41.7 Å². The third kappa shape index (κ3) is 4.58. The standard InChI is InChI=1S/C34H44O6S/c1-8-33(5)13-9-14-34(6,32(37)40-7)26(33)11-10-21-17-22(19(2)3)18-25-27(21)30(36)28-23-12-15-41(38,39)31(23)20(4)16-24(28)29(25)35/h8,17-19,23-24,26,28H,1,9-16H2,2-7H3. The molecule has 1 aromatic rings. The van der Waals surface area contributed by atoms with Gasteiger partial charge in [-0.1, -0.05) is 44.9 Å². The number of rotatable bonds is 6. The maximum atomic E-state index is 14.4. The molecule has 6 nitrogen and oxygen atoms in total. The zero-order valence-corrected chi connectivity index (χ0v) is 26.2. The number of carbonyl (C=O) groups excluding carboxylic acids is 3. The smallest absolute Gasteiger partial charge is 0.311 e. The van der Waals surface area contributed by atoms with Gasteiger partial charge in [-0.05, 0) is 86.8 Å². The number of benzene rings is 1. The molecule has 2 fully saturated rings. The second-order valence-corrected chi connectivity index (χ2v) is 15.8. The number of hydrogen-bond donors (Lipinski definition) is 0. The normalized spacial score (nSPS) is 34.2. The Morgan fingerprint density at radius 2 is 1.85 bits per heavy atom. The fraction of sp³-hybridized carbons (Fsp3) is 0.618. The Morgan fingerprint density at radius 1 is 1.15 bits per heavy atom. The molecule has 1 saturated heterocycles. The van der Waals surface area contributed by atoms with Gasteiger partial charge < -0.3 is 4.74 Å². The van der Waals surface area contributed by atoms with Crippen LogP contribution >= 0.6 is 0 Å². The molecule has 0 spiro atoms. The van der Waals surface area contributed by atoms with E-state index in [1.54, 1.807) is 0 Å². The minimum atomic E-state index is -3.39. The van der Waals surface area contributed by atoms with Crippen LogP contribution in [0.4, 0.5) is 0 Å². The molecule has 0 N–H and O–H groups in total. The molecule has 6 unspecified atom stereocenters. The van der Waals surface area contributed by atoms with E-state index in [4.69, 9.17) is 4.74 Å². The molecule has 0 amide bonds. The summed E-state index contributed by atoms with van der Waals surface area (Å²) in [5.74, 6) is -1.78. The van der Waals surface area contributed by atoms with Crippen molar-refractivity contribution in [1.82, 2.24) is 0 Å². The maximum absolute atomic E-state index is 14.4. The molecule has 41 heavy (non-hydrogen) atoms. The van der Waals surface area contributed by atoms with Gasteiger partial charge in [0, 0.05) is 33.8 Å². The van der Waals surface area contributed by atoms with Crippen molar-refractivity contribution in [1.29, 1.82) is 0 Å². The molecule has 1 saturated carbocycles. The van der Waals surface area contributed by atoms with Crippen LogP contribution in [0.25, 0.3) is 0 Å². The van der Waals surface area contributed by atoms with Crippen molar-refractivity contribution in [3.8, 4) is 0 Å². The summed E-state index contributed by atoms with van der Waals surface area (Å²) in [7, 11) is -1.96. The third-order valence-corrected chi connectivity index (χ3v) is 13.1. The molecule has 7 heteroatoms. The van der Waals surface area contributed by atoms with Crippen LogP contribution in [0, 0.1) is 34.5 Å². The van der Waals surface area contributed by atoms with Gasteiger partial charge >= 0.3 is 5.97 Å². The first-order chi connectivity index (χ1) is 19.2. The summed E-state index contributed by atoms with van der Waals surface area (Å²) in [5.41, 5.74) is 2.58. The van der Waals surface area contributed by atoms with Crippen LogP contribution in [0.1, 0.15) is 111 Å². The zero-order chi connectivity index (χ0) is 30.1. The molecule has 1 aliphatic heterocycles. The predicted molar refractivity (Wildman–Crippen MR) is 159 cm³/mol. The second-order valence-electron chi connectivity index (χ2n) is 13.7. The summed E-state index contributed by atoms with van der Waals surface area (Å²) in [4.78, 5) is 42.0. The highest BCUT2D eigenvalue weighted by Gasteiger charge is 2.55. The molecule has 3 aliphatic carbocycles. The van der Waals surface area contributed by atoms with Crippen LogP contribution in [-0.4, -0.2) is 38.8 Å². The number of carbonyl (C=O) groups is 3. The minimum Gasteiger partial charge on any atom is -0.469 e. The zero-order valence-electron chi connectivity index (χ0n) is 25.3. The number of esters is 1. The van der Waals surface area contributed by atoms with Gasteiger partial charge in [-0.15, -0.1) is 6.58 Å². The van der Waals surface area contributed by atoms with E-state index in [2.05, 4.69) is 33.4 Å². The highest BCUT2D eigenvalue weighted by molar-refractivity contribution is 7.95. The highest BCUT2D eigenvalue weighted by Crippen LogP contribution is 2.55. The molecule has 1 aromatic carbocycles. The number of hydrogen-bond acceptors (Lipinski definition) is 6. The van der Waals surface area contributed by atoms with Gasteiger partial charge in [0.05, 0.1) is 18.3 Å². The van der Waals surface area contributed by atoms with Crippen LogP contribution in [-0.2, 0) is 25.8 Å². The molecule has 0 bridgehead atoms. The number of sulfone groups is 1. The first-order valence-electron chi connectivity index (χ1n) is 15.1. The molecule has 4 aliphatic rings. The lowest BCUT2D eigenvalue weighted by Gasteiger charge is -2.49. The number of aryl methyl sites for hydroxylation is 1. The molecule has 5 rings (SSSR count). The number of fused-ring (bicyclic) bond motifs is 4. The average molecular weight is 581 g/mol. The maximum Gasteiger partial charge on any atom is 0.311 e. The summed E-state index contributed by atoms with van der Waals surface area (Å²) >= 11 is 0. The van der Waals surface area contributed by atoms with Crippen LogP contribution in [0.15, 0.2) is 35.3 Å². The van der Waals surface area contributed by atoms with Gasteiger partial charge in [0.15, 0.2) is 21.4 Å². The Kier molecular flexibility index (Phi) is 7.54. The summed E-state index contributed by atoms with van der Waals surface area (Å²) in [6.45, 7) is 14.2. The molecule has 222 valence electrons. The highest BCUT2D eigenvalue weighted by atomic mass is 32.2. The van der Waals surface area contributed by atoms with E-state index in [0.717, 1.165) is 36.0 Å². The van der Waals surface area contributed by atoms with Crippen LogP contribution < -0.4 is 0 Å². The quantitative estimate of drug-likeness (QED) is 0.277. The lowest BCUT2D eigenvalue weighted by Crippen LogP contribution is -2.48. The fourth-order valence-electron chi connectivity index (χ4n) is 8.83. The Labute approximate surface area is 244 Å². The molecule has 0 aromatic heterocycles. The number of Topliss-reactive ketones (excluding diaryl/α,β-unsaturated/α-hetero) is 2. The molecular formula is C34H44O6S. The number of ether oxygens (including phenoxy) is 1. The Morgan fingerprint density at radius 3 is 2.49 bits per heavy atom. The Bertz CT molecular complexity index is 1470. The first kappa shape index (κ1) is 29.9. The van der Waals surface area contributed by atoms with E-state index < -0.39 is 33.0 Å². The van der Waals surface area contributed by atoms with Crippen molar-refractivity contribution in [2.45, 2.75) is 85.5 Å². The third-order valence-electron chi connectivity index (χ3n) is 11.0. The monoisotopic (exact) mass is 580 g/mol. The van der Waals surface area contributed by atoms with Crippen molar-refractivity contribution in [3.63, 3.8) is 0 Å². The minimum absolute atomic E-state index is 0.0367. The molecular weight excluding hydrogens is 536 g/mol. The van der Waals surface area contributed by atoms with Crippen molar-refractivity contribution in [3.05, 3.63) is 57.5 Å². The fourth-order valence-corrected chi connectivity index (χ4v) is 11.0. The van der Waals surface area contributed by atoms with Gasteiger partial charge in [0.25, 0.3) is 0 Å². The van der Waals surface area contributed by atoms with Crippen molar-refractivity contribution < 1.29 is 27.5 Å². The van der Waals surface area contributed by atoms with Crippen LogP contribution in [0.2, 0.25) is 0 Å². The van der Waals surface area contributed by atoms with E-state index in [1.807, 2.05) is 26.0 Å². The Hall–Kier alpha value is -2.54. The van der Waals surface area contributed by atoms with E-state index >= 15 is 0 Å². The Balaban J connectivity index is 1.59. The lowest BCUT2D eigenvalue weighted by atomic mass is 9.54. The summed E-state index contributed by atoms with van der Waals surface area (Å²) in [6.07, 6.45) is 6.39. The van der Waals surface area contributed by atoms with Gasteiger partial charge in [0.2, 0.25) is 0 Å². The van der Waals surface area contributed by atoms with Crippen LogP contribution in [0.3, 0.4) is 0 Å². The number of allylic oxidation sites excluding steroid dienone is 3. The van der Waals surface area contributed by atoms with Gasteiger partial charge in [-0.2, -0.15) is 0 Å². The average Bonchev–Trinajstić information content (AvgIpc) is 3.25. The SMILES string of the molecule is C=CC1(C)CCCC(C)(C(=O)OC)C1CCc1cc(C(C)C)cc2c1C(=O)C1C(CC(C)=C3C1CCS3(=O)=O)C2=O. The van der Waals surface area contributed by atoms with Gasteiger partial charge in [0.1, 0.15) is 0 Å². The molecule has 1 heterocycles. The number of ketones is 2. The van der Waals surface area contributed by atoms with E-state index in [9.17, 15) is 22.8 Å². The lowest BCUT2D eigenvalue weighted by molar-refractivity contribution is -0.162.